The molecule has 0 aliphatic heterocycles. The summed E-state index contributed by atoms with van der Waals surface area (Å²) in [7, 11) is 4.80. The minimum absolute atomic E-state index is 0.0446. The molecule has 3 aliphatic rings. The van der Waals surface area contributed by atoms with E-state index in [4.69, 9.17) is 14.2 Å². The lowest BCUT2D eigenvalue weighted by molar-refractivity contribution is -0.0984. The smallest absolute Gasteiger partial charge is 0.338 e. The summed E-state index contributed by atoms with van der Waals surface area (Å²) >= 11 is 0. The first-order chi connectivity index (χ1) is 13.6. The van der Waals surface area contributed by atoms with Crippen LogP contribution in [0.15, 0.2) is 6.07 Å². The van der Waals surface area contributed by atoms with Gasteiger partial charge >= 0.3 is 5.97 Å². The Morgan fingerprint density at radius 1 is 1.00 bits per heavy atom. The van der Waals surface area contributed by atoms with Gasteiger partial charge in [0.25, 0.3) is 0 Å². The fourth-order valence-electron chi connectivity index (χ4n) is 7.80. The van der Waals surface area contributed by atoms with Gasteiger partial charge in [0.05, 0.1) is 26.9 Å². The lowest BCUT2D eigenvalue weighted by Crippen LogP contribution is -2.55. The second-order valence-electron chi connectivity index (χ2n) is 10.6. The van der Waals surface area contributed by atoms with Crippen LogP contribution in [0.2, 0.25) is 0 Å². The largest absolute Gasteiger partial charge is 0.493 e. The molecule has 4 heteroatoms. The Morgan fingerprint density at radius 3 is 2.34 bits per heavy atom. The van der Waals surface area contributed by atoms with E-state index in [1.54, 1.807) is 14.2 Å². The monoisotopic (exact) mass is 400 g/mol. The Kier molecular flexibility index (Phi) is 4.71. The Labute approximate surface area is 175 Å². The molecular formula is C25H36O4. The first-order valence-electron chi connectivity index (χ1n) is 11.0. The quantitative estimate of drug-likeness (QED) is 0.624. The van der Waals surface area contributed by atoms with E-state index in [9.17, 15) is 4.79 Å². The Hall–Kier alpha value is -1.71. The number of ether oxygens (including phenoxy) is 3. The highest BCUT2D eigenvalue weighted by Crippen LogP contribution is 2.68. The summed E-state index contributed by atoms with van der Waals surface area (Å²) in [6.45, 7) is 9.83. The maximum atomic E-state index is 12.8. The molecule has 3 aliphatic carbocycles. The van der Waals surface area contributed by atoms with Crippen molar-refractivity contribution in [1.29, 1.82) is 0 Å². The molecule has 1 aromatic carbocycles. The van der Waals surface area contributed by atoms with Crippen LogP contribution < -0.4 is 9.47 Å². The van der Waals surface area contributed by atoms with Gasteiger partial charge in [-0.2, -0.15) is 0 Å². The highest BCUT2D eigenvalue weighted by atomic mass is 16.5. The predicted molar refractivity (Wildman–Crippen MR) is 114 cm³/mol. The molecule has 0 heterocycles. The number of carbonyl (C=O) groups is 1. The zero-order valence-corrected chi connectivity index (χ0v) is 19.1. The number of hydrogen-bond donors (Lipinski definition) is 0. The molecular weight excluding hydrogens is 364 g/mol. The van der Waals surface area contributed by atoms with E-state index in [1.807, 2.05) is 6.07 Å². The molecule has 0 radical (unpaired) electrons. The number of hydrogen-bond acceptors (Lipinski definition) is 4. The van der Waals surface area contributed by atoms with Gasteiger partial charge in [-0.05, 0) is 71.8 Å². The average Bonchev–Trinajstić information content (AvgIpc) is 3.00. The molecule has 2 fully saturated rings. The molecule has 160 valence electrons. The van der Waals surface area contributed by atoms with Crippen molar-refractivity contribution >= 4 is 5.97 Å². The van der Waals surface area contributed by atoms with E-state index >= 15 is 0 Å². The highest BCUT2D eigenvalue weighted by Gasteiger charge is 2.62. The third kappa shape index (κ3) is 2.67. The molecule has 4 nitrogen and oxygen atoms in total. The molecule has 0 unspecified atom stereocenters. The lowest BCUT2D eigenvalue weighted by Gasteiger charge is -2.61. The van der Waals surface area contributed by atoms with Gasteiger partial charge in [-0.3, -0.25) is 0 Å². The van der Waals surface area contributed by atoms with Crippen LogP contribution in [0.25, 0.3) is 0 Å². The van der Waals surface area contributed by atoms with Crippen molar-refractivity contribution in [3.63, 3.8) is 0 Å². The summed E-state index contributed by atoms with van der Waals surface area (Å²) in [5, 5.41) is 0. The highest BCUT2D eigenvalue weighted by molar-refractivity contribution is 5.93. The van der Waals surface area contributed by atoms with Gasteiger partial charge in [0, 0.05) is 5.56 Å². The van der Waals surface area contributed by atoms with Crippen molar-refractivity contribution in [1.82, 2.24) is 0 Å². The SMILES string of the molecule is COC(=O)c1cc(OC)c(OC)c2c1[C@]1(C)CC[C@H]3C(C)(C)CCC[C@]3(C)[C@H]1C2. The third-order valence-corrected chi connectivity index (χ3v) is 8.95. The molecule has 1 aromatic rings. The Morgan fingerprint density at radius 2 is 1.72 bits per heavy atom. The van der Waals surface area contributed by atoms with Crippen molar-refractivity contribution in [3.8, 4) is 11.5 Å². The van der Waals surface area contributed by atoms with Crippen molar-refractivity contribution in [2.24, 2.45) is 22.7 Å². The van der Waals surface area contributed by atoms with E-state index in [2.05, 4.69) is 27.7 Å². The van der Waals surface area contributed by atoms with Crippen LogP contribution in [0.1, 0.15) is 81.3 Å². The molecule has 0 amide bonds. The summed E-state index contributed by atoms with van der Waals surface area (Å²) in [6.07, 6.45) is 7.13. The molecule has 0 aromatic heterocycles. The topological polar surface area (TPSA) is 44.8 Å². The number of benzene rings is 1. The first-order valence-corrected chi connectivity index (χ1v) is 11.0. The summed E-state index contributed by atoms with van der Waals surface area (Å²) in [5.41, 5.74) is 3.55. The number of esters is 1. The van der Waals surface area contributed by atoms with E-state index in [-0.39, 0.29) is 16.8 Å². The third-order valence-electron chi connectivity index (χ3n) is 8.95. The van der Waals surface area contributed by atoms with Crippen LogP contribution in [0.5, 0.6) is 11.5 Å². The molecule has 4 rings (SSSR count). The van der Waals surface area contributed by atoms with Crippen LogP contribution >= 0.6 is 0 Å². The molecule has 2 saturated carbocycles. The van der Waals surface area contributed by atoms with Crippen LogP contribution in [-0.4, -0.2) is 27.3 Å². The van der Waals surface area contributed by atoms with Gasteiger partial charge < -0.3 is 14.2 Å². The number of carbonyl (C=O) groups excluding carboxylic acids is 1. The zero-order valence-electron chi connectivity index (χ0n) is 19.1. The fourth-order valence-corrected chi connectivity index (χ4v) is 7.80. The number of fused-ring (bicyclic) bond motifs is 5. The minimum Gasteiger partial charge on any atom is -0.493 e. The second-order valence-corrected chi connectivity index (χ2v) is 10.6. The van der Waals surface area contributed by atoms with E-state index < -0.39 is 0 Å². The Bertz CT molecular complexity index is 842. The van der Waals surface area contributed by atoms with Gasteiger partial charge in [-0.25, -0.2) is 4.79 Å². The van der Waals surface area contributed by atoms with Crippen LogP contribution in [-0.2, 0) is 16.6 Å². The van der Waals surface area contributed by atoms with Gasteiger partial charge in [0.1, 0.15) is 0 Å². The van der Waals surface area contributed by atoms with E-state index in [0.29, 0.717) is 28.6 Å². The summed E-state index contributed by atoms with van der Waals surface area (Å²) in [4.78, 5) is 12.8. The molecule has 4 atom stereocenters. The van der Waals surface area contributed by atoms with Crippen molar-refractivity contribution in [3.05, 3.63) is 22.8 Å². The molecule has 0 saturated heterocycles. The average molecular weight is 401 g/mol. The zero-order chi connectivity index (χ0) is 21.2. The van der Waals surface area contributed by atoms with E-state index in [1.165, 1.54) is 32.8 Å². The maximum Gasteiger partial charge on any atom is 0.338 e. The summed E-state index contributed by atoms with van der Waals surface area (Å²) in [6, 6.07) is 1.83. The van der Waals surface area contributed by atoms with E-state index in [0.717, 1.165) is 29.7 Å². The molecule has 0 N–H and O–H groups in total. The standard InChI is InChI=1S/C25H36O4/c1-23(2)10-8-11-24(3)18(23)9-12-25(4)19(24)14-15-20(25)16(22(26)29-7)13-17(27-5)21(15)28-6/h13,18-19H,8-12,14H2,1-7H3/t18-,19+,24-,25+/m0/s1. The predicted octanol–water partition coefficient (Wildman–Crippen LogP) is 5.55. The van der Waals surface area contributed by atoms with Gasteiger partial charge in [-0.15, -0.1) is 0 Å². The van der Waals surface area contributed by atoms with Crippen molar-refractivity contribution < 1.29 is 19.0 Å². The van der Waals surface area contributed by atoms with Crippen LogP contribution in [0.3, 0.4) is 0 Å². The second kappa shape index (κ2) is 6.65. The summed E-state index contributed by atoms with van der Waals surface area (Å²) < 4.78 is 16.6. The van der Waals surface area contributed by atoms with Crippen LogP contribution in [0.4, 0.5) is 0 Å². The Balaban J connectivity index is 1.93. The molecule has 0 bridgehead atoms. The van der Waals surface area contributed by atoms with Gasteiger partial charge in [0.15, 0.2) is 11.5 Å². The normalized spacial score (nSPS) is 34.6. The van der Waals surface area contributed by atoms with Gasteiger partial charge in [-0.1, -0.05) is 34.1 Å². The number of rotatable bonds is 3. The fraction of sp³-hybridized carbons (Fsp3) is 0.720. The lowest BCUT2D eigenvalue weighted by atomic mass is 9.43. The maximum absolute atomic E-state index is 12.8. The minimum atomic E-state index is -0.277. The van der Waals surface area contributed by atoms with Crippen molar-refractivity contribution in [2.45, 2.75) is 71.6 Å². The molecule has 29 heavy (non-hydrogen) atoms. The first kappa shape index (κ1) is 20.6. The van der Waals surface area contributed by atoms with Crippen LogP contribution in [0, 0.1) is 22.7 Å². The van der Waals surface area contributed by atoms with Crippen molar-refractivity contribution in [2.75, 3.05) is 21.3 Å². The van der Waals surface area contributed by atoms with Gasteiger partial charge in [0.2, 0.25) is 0 Å². The summed E-state index contributed by atoms with van der Waals surface area (Å²) in [5.74, 6) is 2.35. The molecule has 0 spiro atoms. The number of methoxy groups -OCH3 is 3.